The fourth-order valence-electron chi connectivity index (χ4n) is 1.59. The first kappa shape index (κ1) is 10.8. The van der Waals surface area contributed by atoms with Crippen LogP contribution in [-0.4, -0.2) is 30.3 Å². The molecule has 1 unspecified atom stereocenters. The Bertz CT molecular complexity index is 180. The maximum absolute atomic E-state index is 11.6. The molecule has 1 amide bonds. The normalized spacial score (nSPS) is 19.3. The molecule has 0 aromatic heterocycles. The van der Waals surface area contributed by atoms with E-state index in [1.165, 1.54) is 19.3 Å². The van der Waals surface area contributed by atoms with Crippen LogP contribution in [0.15, 0.2) is 0 Å². The Morgan fingerprint density at radius 1 is 1.62 bits per heavy atom. The first-order valence-electron chi connectivity index (χ1n) is 4.96. The zero-order valence-electron chi connectivity index (χ0n) is 8.42. The van der Waals surface area contributed by atoms with Crippen molar-refractivity contribution in [2.24, 2.45) is 11.8 Å². The highest BCUT2D eigenvalue weighted by Gasteiger charge is 2.23. The third-order valence-corrected chi connectivity index (χ3v) is 3.25. The van der Waals surface area contributed by atoms with Crippen LogP contribution in [0.1, 0.15) is 26.2 Å². The average molecular weight is 204 g/mol. The fourth-order valence-corrected chi connectivity index (χ4v) is 1.73. The van der Waals surface area contributed by atoms with Gasteiger partial charge in [-0.2, -0.15) is 0 Å². The van der Waals surface area contributed by atoms with Gasteiger partial charge in [0.15, 0.2) is 0 Å². The molecule has 1 atom stereocenters. The summed E-state index contributed by atoms with van der Waals surface area (Å²) < 4.78 is 0. The van der Waals surface area contributed by atoms with Gasteiger partial charge in [-0.15, -0.1) is 11.6 Å². The van der Waals surface area contributed by atoms with E-state index in [4.69, 9.17) is 11.6 Å². The molecule has 0 bridgehead atoms. The Balaban J connectivity index is 2.28. The SMILES string of the molecule is CC(CCl)C(=O)N(C)CC1CCC1. The van der Waals surface area contributed by atoms with Crippen molar-refractivity contribution in [1.82, 2.24) is 4.90 Å². The van der Waals surface area contributed by atoms with E-state index in [1.54, 1.807) is 0 Å². The lowest BCUT2D eigenvalue weighted by atomic mass is 9.85. The van der Waals surface area contributed by atoms with Gasteiger partial charge < -0.3 is 4.90 Å². The van der Waals surface area contributed by atoms with Crippen molar-refractivity contribution in [3.63, 3.8) is 0 Å². The summed E-state index contributed by atoms with van der Waals surface area (Å²) in [7, 11) is 1.88. The van der Waals surface area contributed by atoms with Gasteiger partial charge in [-0.3, -0.25) is 4.79 Å². The van der Waals surface area contributed by atoms with E-state index in [2.05, 4.69) is 0 Å². The van der Waals surface area contributed by atoms with Crippen molar-refractivity contribution < 1.29 is 4.79 Å². The summed E-state index contributed by atoms with van der Waals surface area (Å²) in [6.07, 6.45) is 3.90. The van der Waals surface area contributed by atoms with E-state index in [-0.39, 0.29) is 11.8 Å². The highest BCUT2D eigenvalue weighted by atomic mass is 35.5. The van der Waals surface area contributed by atoms with E-state index in [1.807, 2.05) is 18.9 Å². The Labute approximate surface area is 85.2 Å². The summed E-state index contributed by atoms with van der Waals surface area (Å²) in [6.45, 7) is 2.80. The lowest BCUT2D eigenvalue weighted by Gasteiger charge is -2.31. The molecule has 13 heavy (non-hydrogen) atoms. The van der Waals surface area contributed by atoms with Crippen molar-refractivity contribution >= 4 is 17.5 Å². The molecule has 76 valence electrons. The molecular formula is C10H18ClNO. The highest BCUT2D eigenvalue weighted by molar-refractivity contribution is 6.19. The highest BCUT2D eigenvalue weighted by Crippen LogP contribution is 2.27. The quantitative estimate of drug-likeness (QED) is 0.641. The monoisotopic (exact) mass is 203 g/mol. The molecule has 1 aliphatic carbocycles. The van der Waals surface area contributed by atoms with E-state index in [0.29, 0.717) is 5.88 Å². The second-order valence-electron chi connectivity index (χ2n) is 4.07. The van der Waals surface area contributed by atoms with Crippen molar-refractivity contribution in [3.8, 4) is 0 Å². The Hall–Kier alpha value is -0.240. The molecule has 0 saturated heterocycles. The molecule has 0 spiro atoms. The van der Waals surface area contributed by atoms with E-state index >= 15 is 0 Å². The Kier molecular flexibility index (Phi) is 4.04. The fraction of sp³-hybridized carbons (Fsp3) is 0.900. The van der Waals surface area contributed by atoms with E-state index in [9.17, 15) is 4.79 Å². The van der Waals surface area contributed by atoms with E-state index < -0.39 is 0 Å². The summed E-state index contributed by atoms with van der Waals surface area (Å²) in [6, 6.07) is 0. The van der Waals surface area contributed by atoms with Gasteiger partial charge in [0, 0.05) is 25.4 Å². The van der Waals surface area contributed by atoms with Crippen LogP contribution in [0.2, 0.25) is 0 Å². The predicted octanol–water partition coefficient (Wildman–Crippen LogP) is 2.12. The third kappa shape index (κ3) is 2.87. The molecule has 0 aromatic carbocycles. The van der Waals surface area contributed by atoms with Crippen LogP contribution in [0.4, 0.5) is 0 Å². The minimum Gasteiger partial charge on any atom is -0.345 e. The Morgan fingerprint density at radius 3 is 2.62 bits per heavy atom. The van der Waals surface area contributed by atoms with Gasteiger partial charge in [0.1, 0.15) is 0 Å². The molecule has 1 fully saturated rings. The number of nitrogens with zero attached hydrogens (tertiary/aromatic N) is 1. The minimum absolute atomic E-state index is 0.0354. The number of hydrogen-bond donors (Lipinski definition) is 0. The maximum atomic E-state index is 11.6. The zero-order valence-corrected chi connectivity index (χ0v) is 9.18. The molecule has 1 aliphatic rings. The van der Waals surface area contributed by atoms with Crippen molar-refractivity contribution in [1.29, 1.82) is 0 Å². The van der Waals surface area contributed by atoms with E-state index in [0.717, 1.165) is 12.5 Å². The average Bonchev–Trinajstić information content (AvgIpc) is 2.08. The minimum atomic E-state index is -0.0354. The van der Waals surface area contributed by atoms with Crippen LogP contribution >= 0.6 is 11.6 Å². The van der Waals surface area contributed by atoms with Gasteiger partial charge in [0.05, 0.1) is 0 Å². The second-order valence-corrected chi connectivity index (χ2v) is 4.38. The van der Waals surface area contributed by atoms with Crippen LogP contribution in [0.5, 0.6) is 0 Å². The number of alkyl halides is 1. The van der Waals surface area contributed by atoms with Gasteiger partial charge in [0.25, 0.3) is 0 Å². The topological polar surface area (TPSA) is 20.3 Å². The van der Waals surface area contributed by atoms with Crippen LogP contribution in [0.3, 0.4) is 0 Å². The molecule has 3 heteroatoms. The van der Waals surface area contributed by atoms with Gasteiger partial charge >= 0.3 is 0 Å². The number of amides is 1. The summed E-state index contributed by atoms with van der Waals surface area (Å²) in [5.74, 6) is 1.32. The molecule has 2 nitrogen and oxygen atoms in total. The first-order chi connectivity index (χ1) is 6.15. The maximum Gasteiger partial charge on any atom is 0.226 e. The molecule has 1 saturated carbocycles. The lowest BCUT2D eigenvalue weighted by Crippen LogP contribution is -2.37. The molecule has 0 N–H and O–H groups in total. The number of hydrogen-bond acceptors (Lipinski definition) is 1. The molecule has 0 heterocycles. The standard InChI is InChI=1S/C10H18ClNO/c1-8(6-11)10(13)12(2)7-9-4-3-5-9/h8-9H,3-7H2,1-2H3. The molecule has 1 rings (SSSR count). The van der Waals surface area contributed by atoms with Gasteiger partial charge in [-0.25, -0.2) is 0 Å². The van der Waals surface area contributed by atoms with Crippen LogP contribution < -0.4 is 0 Å². The van der Waals surface area contributed by atoms with Crippen LogP contribution in [0, 0.1) is 11.8 Å². The summed E-state index contributed by atoms with van der Waals surface area (Å²) in [5.41, 5.74) is 0. The lowest BCUT2D eigenvalue weighted by molar-refractivity contribution is -0.133. The largest absolute Gasteiger partial charge is 0.345 e. The number of carbonyl (C=O) groups excluding carboxylic acids is 1. The van der Waals surface area contributed by atoms with Gasteiger partial charge in [-0.05, 0) is 18.8 Å². The second kappa shape index (κ2) is 4.85. The number of halogens is 1. The predicted molar refractivity (Wildman–Crippen MR) is 54.9 cm³/mol. The Morgan fingerprint density at radius 2 is 2.23 bits per heavy atom. The third-order valence-electron chi connectivity index (χ3n) is 2.79. The van der Waals surface area contributed by atoms with Crippen molar-refractivity contribution in [2.75, 3.05) is 19.5 Å². The number of carbonyl (C=O) groups is 1. The van der Waals surface area contributed by atoms with Gasteiger partial charge in [-0.1, -0.05) is 13.3 Å². The molecule has 0 aliphatic heterocycles. The van der Waals surface area contributed by atoms with Crippen LogP contribution in [0.25, 0.3) is 0 Å². The van der Waals surface area contributed by atoms with Crippen LogP contribution in [-0.2, 0) is 4.79 Å². The summed E-state index contributed by atoms with van der Waals surface area (Å²) in [4.78, 5) is 13.4. The zero-order chi connectivity index (χ0) is 9.84. The summed E-state index contributed by atoms with van der Waals surface area (Å²) in [5, 5.41) is 0. The molecule has 0 radical (unpaired) electrons. The van der Waals surface area contributed by atoms with Gasteiger partial charge in [0.2, 0.25) is 5.91 Å². The summed E-state index contributed by atoms with van der Waals surface area (Å²) >= 11 is 5.63. The molecular weight excluding hydrogens is 186 g/mol. The first-order valence-corrected chi connectivity index (χ1v) is 5.49. The van der Waals surface area contributed by atoms with Crippen molar-refractivity contribution in [2.45, 2.75) is 26.2 Å². The smallest absolute Gasteiger partial charge is 0.226 e. The molecule has 0 aromatic rings. The number of rotatable bonds is 4. The van der Waals surface area contributed by atoms with Crippen molar-refractivity contribution in [3.05, 3.63) is 0 Å².